The predicted octanol–water partition coefficient (Wildman–Crippen LogP) is 5.80. The van der Waals surface area contributed by atoms with Crippen LogP contribution in [0.4, 0.5) is 0 Å². The maximum Gasteiger partial charge on any atom is 0.169 e. The Hall–Kier alpha value is -3.52. The Balaban J connectivity index is 1.32. The minimum Gasteiger partial charge on any atom is -0.453 e. The summed E-state index contributed by atoms with van der Waals surface area (Å²) in [7, 11) is 0. The molecule has 0 fully saturated rings. The Bertz CT molecular complexity index is 1050. The molecule has 4 aliphatic carbocycles. The smallest absolute Gasteiger partial charge is 0.169 e. The molecule has 0 amide bonds. The van der Waals surface area contributed by atoms with E-state index in [9.17, 15) is 0 Å². The van der Waals surface area contributed by atoms with E-state index in [2.05, 4.69) is 85.1 Å². The van der Waals surface area contributed by atoms with Crippen LogP contribution in [0.5, 0.6) is 0 Å². The van der Waals surface area contributed by atoms with Crippen molar-refractivity contribution in [1.29, 1.82) is 0 Å². The van der Waals surface area contributed by atoms with Crippen LogP contribution in [-0.2, 0) is 9.47 Å². The van der Waals surface area contributed by atoms with Crippen LogP contribution in [0.25, 0.3) is 0 Å². The molecule has 2 heteroatoms. The average Bonchev–Trinajstić information content (AvgIpc) is 2.75. The van der Waals surface area contributed by atoms with E-state index >= 15 is 0 Å². The van der Waals surface area contributed by atoms with Crippen LogP contribution in [0, 0.1) is 11.8 Å². The van der Waals surface area contributed by atoms with Gasteiger partial charge in [-0.2, -0.15) is 0 Å². The van der Waals surface area contributed by atoms with Gasteiger partial charge in [0, 0.05) is 23.0 Å². The summed E-state index contributed by atoms with van der Waals surface area (Å²) in [4.78, 5) is 0. The zero-order valence-electron chi connectivity index (χ0n) is 15.2. The highest BCUT2D eigenvalue weighted by Crippen LogP contribution is 2.39. The molecular formula is C26H18O2. The molecule has 28 heavy (non-hydrogen) atoms. The molecule has 0 radical (unpaired) electrons. The monoisotopic (exact) mass is 362 g/mol. The number of hydrogen-bond acceptors (Lipinski definition) is 2. The molecule has 6 rings (SSSR count). The second-order valence-corrected chi connectivity index (χ2v) is 7.40. The van der Waals surface area contributed by atoms with Gasteiger partial charge in [0.2, 0.25) is 0 Å². The maximum atomic E-state index is 6.23. The lowest BCUT2D eigenvalue weighted by Crippen LogP contribution is -2.15. The highest BCUT2D eigenvalue weighted by atomic mass is 16.5. The molecule has 0 aromatic heterocycles. The van der Waals surface area contributed by atoms with Gasteiger partial charge in [-0.15, -0.1) is 0 Å². The van der Waals surface area contributed by atoms with E-state index in [-0.39, 0.29) is 11.8 Å². The molecule has 0 N–H and O–H groups in total. The normalized spacial score (nSPS) is 28.3. The van der Waals surface area contributed by atoms with Gasteiger partial charge in [0.15, 0.2) is 11.5 Å². The molecule has 0 aromatic carbocycles. The first-order valence-corrected chi connectivity index (χ1v) is 9.61. The highest BCUT2D eigenvalue weighted by molar-refractivity contribution is 5.57. The Morgan fingerprint density at radius 1 is 0.536 bits per heavy atom. The molecule has 0 spiro atoms. The van der Waals surface area contributed by atoms with E-state index in [0.717, 1.165) is 34.2 Å². The van der Waals surface area contributed by atoms with Crippen LogP contribution < -0.4 is 0 Å². The van der Waals surface area contributed by atoms with Crippen molar-refractivity contribution in [3.63, 3.8) is 0 Å². The fraction of sp³-hybridized carbons (Fsp3) is 0.0769. The first kappa shape index (κ1) is 15.5. The third kappa shape index (κ3) is 2.49. The molecule has 134 valence electrons. The van der Waals surface area contributed by atoms with Crippen LogP contribution >= 0.6 is 0 Å². The minimum absolute atomic E-state index is 0.278. The first-order valence-electron chi connectivity index (χ1n) is 9.61. The quantitative estimate of drug-likeness (QED) is 0.587. The van der Waals surface area contributed by atoms with Crippen molar-refractivity contribution in [3.05, 3.63) is 143 Å². The molecule has 2 heterocycles. The SMILES string of the molecule is C1=CC2=CC3=CC=C(C4=CC=C5C=C6C=CC=CC6C=C5O4)OC3=CC2C=C1. The van der Waals surface area contributed by atoms with Crippen LogP contribution in [-0.4, -0.2) is 0 Å². The molecule has 0 saturated carbocycles. The van der Waals surface area contributed by atoms with Gasteiger partial charge < -0.3 is 9.47 Å². The van der Waals surface area contributed by atoms with Crippen molar-refractivity contribution in [2.24, 2.45) is 11.8 Å². The van der Waals surface area contributed by atoms with Gasteiger partial charge in [-0.05, 0) is 59.8 Å². The van der Waals surface area contributed by atoms with Crippen molar-refractivity contribution in [2.45, 2.75) is 0 Å². The Morgan fingerprint density at radius 3 is 1.54 bits per heavy atom. The number of hydrogen-bond donors (Lipinski definition) is 0. The molecule has 2 atom stereocenters. The summed E-state index contributed by atoms with van der Waals surface area (Å²) in [6.07, 6.45) is 33.9. The standard InChI is InChI=1S/C26H18O2/c1-3-7-19-15-25-21(13-17(19)5-1)9-11-23(27-25)24-12-10-22-14-18-6-2-4-8-20(18)16-26(22)28-24/h1-16,19-20H. The number of allylic oxidation sites excluding steroid dienone is 18. The lowest BCUT2D eigenvalue weighted by molar-refractivity contribution is 0.237. The molecule has 2 aliphatic heterocycles. The topological polar surface area (TPSA) is 18.5 Å². The lowest BCUT2D eigenvalue weighted by atomic mass is 9.86. The predicted molar refractivity (Wildman–Crippen MR) is 110 cm³/mol. The molecule has 0 bridgehead atoms. The third-order valence-corrected chi connectivity index (χ3v) is 5.59. The summed E-state index contributed by atoms with van der Waals surface area (Å²) in [6.45, 7) is 0. The summed E-state index contributed by atoms with van der Waals surface area (Å²) >= 11 is 0. The maximum absolute atomic E-state index is 6.23. The van der Waals surface area contributed by atoms with Crippen LogP contribution in [0.2, 0.25) is 0 Å². The van der Waals surface area contributed by atoms with Crippen LogP contribution in [0.15, 0.2) is 143 Å². The fourth-order valence-electron chi connectivity index (χ4n) is 4.10. The lowest BCUT2D eigenvalue weighted by Gasteiger charge is -2.29. The summed E-state index contributed by atoms with van der Waals surface area (Å²) in [6, 6.07) is 0. The molecule has 6 aliphatic rings. The van der Waals surface area contributed by atoms with Crippen molar-refractivity contribution >= 4 is 0 Å². The average molecular weight is 362 g/mol. The summed E-state index contributed by atoms with van der Waals surface area (Å²) < 4.78 is 12.5. The molecule has 0 saturated heterocycles. The minimum atomic E-state index is 0.278. The Kier molecular flexibility index (Phi) is 3.33. The van der Waals surface area contributed by atoms with Gasteiger partial charge >= 0.3 is 0 Å². The summed E-state index contributed by atoms with van der Waals surface area (Å²) in [5.41, 5.74) is 4.80. The fourth-order valence-corrected chi connectivity index (χ4v) is 4.10. The summed E-state index contributed by atoms with van der Waals surface area (Å²) in [5, 5.41) is 0. The Morgan fingerprint density at radius 2 is 1.04 bits per heavy atom. The largest absolute Gasteiger partial charge is 0.453 e. The van der Waals surface area contributed by atoms with E-state index in [1.807, 2.05) is 12.2 Å². The molecule has 0 aromatic rings. The zero-order chi connectivity index (χ0) is 18.5. The van der Waals surface area contributed by atoms with Crippen molar-refractivity contribution in [3.8, 4) is 0 Å². The molecule has 2 unspecified atom stereocenters. The zero-order valence-corrected chi connectivity index (χ0v) is 15.2. The van der Waals surface area contributed by atoms with E-state index < -0.39 is 0 Å². The van der Waals surface area contributed by atoms with Gasteiger partial charge in [-0.3, -0.25) is 0 Å². The first-order chi connectivity index (χ1) is 13.8. The van der Waals surface area contributed by atoms with Crippen LogP contribution in [0.3, 0.4) is 0 Å². The van der Waals surface area contributed by atoms with Crippen LogP contribution in [0.1, 0.15) is 0 Å². The van der Waals surface area contributed by atoms with Gasteiger partial charge in [0.25, 0.3) is 0 Å². The number of ether oxygens (including phenoxy) is 2. The van der Waals surface area contributed by atoms with Gasteiger partial charge in [-0.25, -0.2) is 0 Å². The summed E-state index contributed by atoms with van der Waals surface area (Å²) in [5.74, 6) is 3.83. The Labute approximate surface area is 164 Å². The second kappa shape index (κ2) is 6.00. The van der Waals surface area contributed by atoms with Crippen molar-refractivity contribution in [2.75, 3.05) is 0 Å². The van der Waals surface area contributed by atoms with E-state index in [1.54, 1.807) is 0 Å². The third-order valence-electron chi connectivity index (χ3n) is 5.59. The van der Waals surface area contributed by atoms with Gasteiger partial charge in [0.1, 0.15) is 11.5 Å². The van der Waals surface area contributed by atoms with E-state index in [1.165, 1.54) is 11.1 Å². The van der Waals surface area contributed by atoms with E-state index in [4.69, 9.17) is 9.47 Å². The number of fused-ring (bicyclic) bond motifs is 4. The van der Waals surface area contributed by atoms with Gasteiger partial charge in [0.05, 0.1) is 0 Å². The highest BCUT2D eigenvalue weighted by Gasteiger charge is 2.27. The molecule has 2 nitrogen and oxygen atoms in total. The van der Waals surface area contributed by atoms with E-state index in [0.29, 0.717) is 0 Å². The van der Waals surface area contributed by atoms with Gasteiger partial charge in [-0.1, -0.05) is 48.6 Å². The van der Waals surface area contributed by atoms with Crippen molar-refractivity contribution < 1.29 is 9.47 Å². The van der Waals surface area contributed by atoms with Crippen molar-refractivity contribution in [1.82, 2.24) is 0 Å². The number of rotatable bonds is 1. The second-order valence-electron chi connectivity index (χ2n) is 7.40. The molecular weight excluding hydrogens is 344 g/mol.